The minimum Gasteiger partial charge on any atom is -0.316 e. The fourth-order valence-electron chi connectivity index (χ4n) is 1.55. The zero-order valence-corrected chi connectivity index (χ0v) is 9.83. The first kappa shape index (κ1) is 11.1. The zero-order valence-electron chi connectivity index (χ0n) is 9.07. The first-order valence-electron chi connectivity index (χ1n) is 5.15. The van der Waals surface area contributed by atoms with Crippen molar-refractivity contribution in [3.05, 3.63) is 53.2 Å². The molecule has 1 aromatic heterocycles. The van der Waals surface area contributed by atoms with E-state index in [0.29, 0.717) is 0 Å². The molecule has 1 aromatic carbocycles. The SMILES string of the molecule is CNCc1ccc(-c2cccc(Cl)c2)nc1. The lowest BCUT2D eigenvalue weighted by atomic mass is 10.1. The minimum atomic E-state index is 0.735. The molecular weight excluding hydrogens is 220 g/mol. The third kappa shape index (κ3) is 2.60. The molecule has 0 saturated carbocycles. The van der Waals surface area contributed by atoms with Gasteiger partial charge >= 0.3 is 0 Å². The molecule has 0 bridgehead atoms. The number of halogens is 1. The van der Waals surface area contributed by atoms with Gasteiger partial charge in [-0.3, -0.25) is 4.98 Å². The number of pyridine rings is 1. The van der Waals surface area contributed by atoms with Crippen molar-refractivity contribution in [2.24, 2.45) is 0 Å². The van der Waals surface area contributed by atoms with Crippen LogP contribution in [0.25, 0.3) is 11.3 Å². The van der Waals surface area contributed by atoms with Crippen molar-refractivity contribution in [2.75, 3.05) is 7.05 Å². The molecule has 0 aliphatic carbocycles. The van der Waals surface area contributed by atoms with E-state index in [9.17, 15) is 0 Å². The van der Waals surface area contributed by atoms with Crippen LogP contribution in [0.4, 0.5) is 0 Å². The first-order chi connectivity index (χ1) is 7.79. The van der Waals surface area contributed by atoms with Crippen LogP contribution in [0, 0.1) is 0 Å². The first-order valence-corrected chi connectivity index (χ1v) is 5.53. The number of rotatable bonds is 3. The Kier molecular flexibility index (Phi) is 3.54. The summed E-state index contributed by atoms with van der Waals surface area (Å²) in [5, 5.41) is 3.83. The predicted octanol–water partition coefficient (Wildman–Crippen LogP) is 3.12. The molecule has 0 fully saturated rings. The summed E-state index contributed by atoms with van der Waals surface area (Å²) in [6.07, 6.45) is 1.88. The van der Waals surface area contributed by atoms with Gasteiger partial charge in [0.25, 0.3) is 0 Å². The summed E-state index contributed by atoms with van der Waals surface area (Å²) >= 11 is 5.94. The van der Waals surface area contributed by atoms with Gasteiger partial charge in [-0.2, -0.15) is 0 Å². The number of benzene rings is 1. The number of hydrogen-bond acceptors (Lipinski definition) is 2. The normalized spacial score (nSPS) is 10.4. The molecule has 82 valence electrons. The van der Waals surface area contributed by atoms with E-state index >= 15 is 0 Å². The molecule has 0 spiro atoms. The van der Waals surface area contributed by atoms with Crippen LogP contribution in [-0.4, -0.2) is 12.0 Å². The second-order valence-corrected chi connectivity index (χ2v) is 4.03. The standard InChI is InChI=1S/C13H13ClN2/c1-15-8-10-5-6-13(16-9-10)11-3-2-4-12(14)7-11/h2-7,9,15H,8H2,1H3. The van der Waals surface area contributed by atoms with Crippen molar-refractivity contribution in [3.8, 4) is 11.3 Å². The van der Waals surface area contributed by atoms with Crippen LogP contribution in [0.3, 0.4) is 0 Å². The molecule has 0 saturated heterocycles. The lowest BCUT2D eigenvalue weighted by molar-refractivity contribution is 0.813. The monoisotopic (exact) mass is 232 g/mol. The Morgan fingerprint density at radius 3 is 2.75 bits per heavy atom. The maximum atomic E-state index is 5.94. The molecule has 1 N–H and O–H groups in total. The Hall–Kier alpha value is -1.38. The molecule has 0 aliphatic rings. The van der Waals surface area contributed by atoms with Crippen molar-refractivity contribution in [3.63, 3.8) is 0 Å². The van der Waals surface area contributed by atoms with E-state index in [-0.39, 0.29) is 0 Å². The molecule has 0 unspecified atom stereocenters. The van der Waals surface area contributed by atoms with Gasteiger partial charge < -0.3 is 5.32 Å². The quantitative estimate of drug-likeness (QED) is 0.880. The van der Waals surface area contributed by atoms with Crippen LogP contribution in [-0.2, 0) is 6.54 Å². The summed E-state index contributed by atoms with van der Waals surface area (Å²) in [6.45, 7) is 0.836. The summed E-state index contributed by atoms with van der Waals surface area (Å²) < 4.78 is 0. The Morgan fingerprint density at radius 2 is 2.12 bits per heavy atom. The molecule has 1 heterocycles. The predicted molar refractivity (Wildman–Crippen MR) is 67.4 cm³/mol. The van der Waals surface area contributed by atoms with Crippen molar-refractivity contribution >= 4 is 11.6 Å². The van der Waals surface area contributed by atoms with Gasteiger partial charge in [0.05, 0.1) is 5.69 Å². The topological polar surface area (TPSA) is 24.9 Å². The Balaban J connectivity index is 2.27. The molecule has 0 atom stereocenters. The highest BCUT2D eigenvalue weighted by atomic mass is 35.5. The zero-order chi connectivity index (χ0) is 11.4. The van der Waals surface area contributed by atoms with Gasteiger partial charge in [-0.1, -0.05) is 29.8 Å². The third-order valence-electron chi connectivity index (χ3n) is 2.33. The third-order valence-corrected chi connectivity index (χ3v) is 2.56. The minimum absolute atomic E-state index is 0.735. The molecule has 2 aromatic rings. The lowest BCUT2D eigenvalue weighted by Gasteiger charge is -2.03. The maximum Gasteiger partial charge on any atom is 0.0702 e. The fourth-order valence-corrected chi connectivity index (χ4v) is 1.74. The van der Waals surface area contributed by atoms with Gasteiger partial charge in [-0.05, 0) is 30.8 Å². The van der Waals surface area contributed by atoms with Crippen LogP contribution >= 0.6 is 11.6 Å². The summed E-state index contributed by atoms with van der Waals surface area (Å²) in [7, 11) is 1.92. The van der Waals surface area contributed by atoms with Crippen LogP contribution in [0.15, 0.2) is 42.6 Å². The summed E-state index contributed by atoms with van der Waals surface area (Å²) in [6, 6.07) is 11.8. The Labute approximate surface area is 100 Å². The van der Waals surface area contributed by atoms with E-state index in [1.165, 1.54) is 5.56 Å². The number of aromatic nitrogens is 1. The van der Waals surface area contributed by atoms with Gasteiger partial charge in [0.15, 0.2) is 0 Å². The summed E-state index contributed by atoms with van der Waals surface area (Å²) in [5.74, 6) is 0. The second kappa shape index (κ2) is 5.10. The summed E-state index contributed by atoms with van der Waals surface area (Å²) in [4.78, 5) is 4.41. The maximum absolute atomic E-state index is 5.94. The van der Waals surface area contributed by atoms with E-state index in [0.717, 1.165) is 22.8 Å². The van der Waals surface area contributed by atoms with Gasteiger partial charge in [-0.25, -0.2) is 0 Å². The number of hydrogen-bond donors (Lipinski definition) is 1. The van der Waals surface area contributed by atoms with E-state index in [4.69, 9.17) is 11.6 Å². The van der Waals surface area contributed by atoms with Crippen LogP contribution in [0.5, 0.6) is 0 Å². The molecule has 2 rings (SSSR count). The molecule has 16 heavy (non-hydrogen) atoms. The lowest BCUT2D eigenvalue weighted by Crippen LogP contribution is -2.05. The molecule has 0 radical (unpaired) electrons. The van der Waals surface area contributed by atoms with Crippen molar-refractivity contribution < 1.29 is 0 Å². The van der Waals surface area contributed by atoms with E-state index in [1.807, 2.05) is 43.6 Å². The molecule has 3 heteroatoms. The molecule has 0 amide bonds. The van der Waals surface area contributed by atoms with E-state index < -0.39 is 0 Å². The van der Waals surface area contributed by atoms with Crippen molar-refractivity contribution in [2.45, 2.75) is 6.54 Å². The Morgan fingerprint density at radius 1 is 1.25 bits per heavy atom. The van der Waals surface area contributed by atoms with Crippen molar-refractivity contribution in [1.29, 1.82) is 0 Å². The molecule has 0 aliphatic heterocycles. The van der Waals surface area contributed by atoms with E-state index in [2.05, 4.69) is 16.4 Å². The van der Waals surface area contributed by atoms with E-state index in [1.54, 1.807) is 0 Å². The number of nitrogens with one attached hydrogen (secondary N) is 1. The highest BCUT2D eigenvalue weighted by Gasteiger charge is 1.99. The highest BCUT2D eigenvalue weighted by Crippen LogP contribution is 2.20. The average molecular weight is 233 g/mol. The van der Waals surface area contributed by atoms with Gasteiger partial charge in [0.2, 0.25) is 0 Å². The smallest absolute Gasteiger partial charge is 0.0702 e. The van der Waals surface area contributed by atoms with Gasteiger partial charge in [0.1, 0.15) is 0 Å². The average Bonchev–Trinajstić information content (AvgIpc) is 2.30. The van der Waals surface area contributed by atoms with Crippen molar-refractivity contribution in [1.82, 2.24) is 10.3 Å². The summed E-state index contributed by atoms with van der Waals surface area (Å²) in [5.41, 5.74) is 3.17. The highest BCUT2D eigenvalue weighted by molar-refractivity contribution is 6.30. The van der Waals surface area contributed by atoms with Crippen LogP contribution < -0.4 is 5.32 Å². The van der Waals surface area contributed by atoms with Gasteiger partial charge in [-0.15, -0.1) is 0 Å². The number of nitrogens with zero attached hydrogens (tertiary/aromatic N) is 1. The Bertz CT molecular complexity index is 466. The second-order valence-electron chi connectivity index (χ2n) is 3.59. The van der Waals surface area contributed by atoms with Crippen LogP contribution in [0.1, 0.15) is 5.56 Å². The molecule has 2 nitrogen and oxygen atoms in total. The molecular formula is C13H13ClN2. The fraction of sp³-hybridized carbons (Fsp3) is 0.154. The van der Waals surface area contributed by atoms with Gasteiger partial charge in [0, 0.05) is 23.3 Å². The van der Waals surface area contributed by atoms with Crippen LogP contribution in [0.2, 0.25) is 5.02 Å². The largest absolute Gasteiger partial charge is 0.316 e.